The number of amides is 1. The molecule has 0 bridgehead atoms. The number of nitrogens with zero attached hydrogens (tertiary/aromatic N) is 1. The average molecular weight is 392 g/mol. The van der Waals surface area contributed by atoms with Crippen LogP contribution in [0.4, 0.5) is 4.39 Å². The van der Waals surface area contributed by atoms with E-state index in [4.69, 9.17) is 4.74 Å². The molecule has 1 heterocycles. The fraction of sp³-hybridized carbons (Fsp3) is 0.261. The third-order valence-electron chi connectivity index (χ3n) is 4.96. The number of aromatic nitrogens is 1. The van der Waals surface area contributed by atoms with Gasteiger partial charge in [-0.3, -0.25) is 9.78 Å². The van der Waals surface area contributed by atoms with Crippen molar-refractivity contribution in [3.05, 3.63) is 77.2 Å². The van der Waals surface area contributed by atoms with Crippen LogP contribution in [0, 0.1) is 5.82 Å². The molecule has 1 amide bonds. The number of hydrogen-bond donors (Lipinski definition) is 1. The van der Waals surface area contributed by atoms with Crippen LogP contribution < -0.4 is 5.32 Å². The molecule has 4 rings (SSSR count). The molecule has 148 valence electrons. The predicted octanol–water partition coefficient (Wildman–Crippen LogP) is 3.77. The molecular weight excluding hydrogens is 371 g/mol. The highest BCUT2D eigenvalue weighted by molar-refractivity contribution is 6.04. The molecule has 2 aromatic carbocycles. The zero-order chi connectivity index (χ0) is 20.2. The lowest BCUT2D eigenvalue weighted by Gasteiger charge is -2.10. The van der Waals surface area contributed by atoms with E-state index < -0.39 is 11.9 Å². The molecule has 1 N–H and O–H groups in total. The van der Waals surface area contributed by atoms with E-state index in [-0.39, 0.29) is 19.0 Å². The highest BCUT2D eigenvalue weighted by atomic mass is 19.1. The van der Waals surface area contributed by atoms with Crippen molar-refractivity contribution >= 4 is 22.8 Å². The first-order chi connectivity index (χ1) is 14.1. The number of esters is 1. The van der Waals surface area contributed by atoms with E-state index >= 15 is 0 Å². The minimum atomic E-state index is -0.547. The minimum Gasteiger partial charge on any atom is -0.452 e. The van der Waals surface area contributed by atoms with Crippen LogP contribution in [0.5, 0.6) is 0 Å². The van der Waals surface area contributed by atoms with E-state index in [2.05, 4.69) is 10.3 Å². The molecule has 6 heteroatoms. The standard InChI is InChI=1S/C23H21FN2O3/c24-19-7-3-1-5-15(19)11-12-25-22(27)14-29-23(28)18-13-21(16-9-10-16)26-20-8-4-2-6-17(18)20/h1-8,13,16H,9-12,14H2,(H,25,27). The van der Waals surface area contributed by atoms with Crippen molar-refractivity contribution in [3.8, 4) is 0 Å². The average Bonchev–Trinajstić information content (AvgIpc) is 3.58. The van der Waals surface area contributed by atoms with Gasteiger partial charge in [-0.15, -0.1) is 0 Å². The van der Waals surface area contributed by atoms with Gasteiger partial charge in [0, 0.05) is 23.5 Å². The van der Waals surface area contributed by atoms with E-state index in [1.165, 1.54) is 6.07 Å². The summed E-state index contributed by atoms with van der Waals surface area (Å²) in [6.45, 7) is -0.118. The Morgan fingerprint density at radius 3 is 2.66 bits per heavy atom. The largest absolute Gasteiger partial charge is 0.452 e. The summed E-state index contributed by atoms with van der Waals surface area (Å²) in [7, 11) is 0. The van der Waals surface area contributed by atoms with Crippen LogP contribution in [0.1, 0.15) is 40.4 Å². The van der Waals surface area contributed by atoms with Crippen molar-refractivity contribution in [2.75, 3.05) is 13.2 Å². The molecule has 0 spiro atoms. The molecule has 0 atom stereocenters. The van der Waals surface area contributed by atoms with Gasteiger partial charge in [0.25, 0.3) is 5.91 Å². The molecule has 1 aromatic heterocycles. The van der Waals surface area contributed by atoms with Gasteiger partial charge in [-0.05, 0) is 43.0 Å². The van der Waals surface area contributed by atoms with E-state index in [1.807, 2.05) is 24.3 Å². The summed E-state index contributed by atoms with van der Waals surface area (Å²) in [5.41, 5.74) is 2.60. The van der Waals surface area contributed by atoms with Gasteiger partial charge in [0.15, 0.2) is 6.61 Å². The Labute approximate surface area is 167 Å². The normalized spacial score (nSPS) is 13.3. The zero-order valence-corrected chi connectivity index (χ0v) is 15.9. The van der Waals surface area contributed by atoms with Crippen LogP contribution in [0.25, 0.3) is 10.9 Å². The Morgan fingerprint density at radius 2 is 1.86 bits per heavy atom. The number of carbonyl (C=O) groups excluding carboxylic acids is 2. The Morgan fingerprint density at radius 1 is 1.10 bits per heavy atom. The summed E-state index contributed by atoms with van der Waals surface area (Å²) < 4.78 is 18.8. The van der Waals surface area contributed by atoms with Crippen LogP contribution in [0.3, 0.4) is 0 Å². The predicted molar refractivity (Wildman–Crippen MR) is 107 cm³/mol. The van der Waals surface area contributed by atoms with Gasteiger partial charge in [0.2, 0.25) is 0 Å². The fourth-order valence-corrected chi connectivity index (χ4v) is 3.25. The molecular formula is C23H21FN2O3. The first-order valence-corrected chi connectivity index (χ1v) is 9.69. The number of para-hydroxylation sites is 1. The lowest BCUT2D eigenvalue weighted by atomic mass is 10.1. The molecule has 1 fully saturated rings. The van der Waals surface area contributed by atoms with E-state index in [1.54, 1.807) is 24.3 Å². The maximum Gasteiger partial charge on any atom is 0.339 e. The second kappa shape index (κ2) is 8.39. The number of benzene rings is 2. The van der Waals surface area contributed by atoms with E-state index in [0.717, 1.165) is 24.1 Å². The summed E-state index contributed by atoms with van der Waals surface area (Å²) in [4.78, 5) is 29.3. The van der Waals surface area contributed by atoms with Crippen molar-refractivity contribution in [2.24, 2.45) is 0 Å². The number of rotatable bonds is 7. The van der Waals surface area contributed by atoms with Crippen molar-refractivity contribution in [2.45, 2.75) is 25.2 Å². The van der Waals surface area contributed by atoms with Crippen molar-refractivity contribution in [1.29, 1.82) is 0 Å². The molecule has 1 aliphatic carbocycles. The molecule has 0 aliphatic heterocycles. The number of pyridine rings is 1. The first kappa shape index (κ1) is 19.1. The molecule has 1 saturated carbocycles. The second-order valence-electron chi connectivity index (χ2n) is 7.15. The van der Waals surface area contributed by atoms with Crippen LogP contribution in [0.15, 0.2) is 54.6 Å². The van der Waals surface area contributed by atoms with Crippen LogP contribution >= 0.6 is 0 Å². The summed E-state index contributed by atoms with van der Waals surface area (Å²) in [6, 6.07) is 15.6. The molecule has 0 saturated heterocycles. The van der Waals surface area contributed by atoms with Gasteiger partial charge in [-0.1, -0.05) is 36.4 Å². The maximum atomic E-state index is 13.6. The summed E-state index contributed by atoms with van der Waals surface area (Å²) >= 11 is 0. The van der Waals surface area contributed by atoms with Crippen LogP contribution in [-0.4, -0.2) is 30.0 Å². The summed E-state index contributed by atoms with van der Waals surface area (Å²) in [5.74, 6) is -0.873. The SMILES string of the molecule is O=C(COC(=O)c1cc(C2CC2)nc2ccccc12)NCCc1ccccc1F. The number of nitrogens with one attached hydrogen (secondary N) is 1. The Balaban J connectivity index is 1.36. The number of hydrogen-bond acceptors (Lipinski definition) is 4. The third-order valence-corrected chi connectivity index (χ3v) is 4.96. The molecule has 5 nitrogen and oxygen atoms in total. The molecule has 3 aromatic rings. The lowest BCUT2D eigenvalue weighted by Crippen LogP contribution is -2.30. The Hall–Kier alpha value is -3.28. The first-order valence-electron chi connectivity index (χ1n) is 9.69. The fourth-order valence-electron chi connectivity index (χ4n) is 3.25. The van der Waals surface area contributed by atoms with Crippen molar-refractivity contribution < 1.29 is 18.7 Å². The molecule has 1 aliphatic rings. The highest BCUT2D eigenvalue weighted by Crippen LogP contribution is 2.40. The molecule has 0 unspecified atom stereocenters. The molecule has 0 radical (unpaired) electrons. The second-order valence-corrected chi connectivity index (χ2v) is 7.15. The summed E-state index contributed by atoms with van der Waals surface area (Å²) in [6.07, 6.45) is 2.51. The third kappa shape index (κ3) is 4.59. The van der Waals surface area contributed by atoms with Crippen molar-refractivity contribution in [1.82, 2.24) is 10.3 Å². The minimum absolute atomic E-state index is 0.265. The Kier molecular flexibility index (Phi) is 5.51. The van der Waals surface area contributed by atoms with Crippen molar-refractivity contribution in [3.63, 3.8) is 0 Å². The van der Waals surface area contributed by atoms with Gasteiger partial charge in [0.05, 0.1) is 11.1 Å². The van der Waals surface area contributed by atoms with Gasteiger partial charge in [-0.2, -0.15) is 0 Å². The quantitative estimate of drug-likeness (QED) is 0.622. The van der Waals surface area contributed by atoms with Gasteiger partial charge < -0.3 is 10.1 Å². The van der Waals surface area contributed by atoms with Gasteiger partial charge >= 0.3 is 5.97 Å². The van der Waals surface area contributed by atoms with Crippen LogP contribution in [-0.2, 0) is 16.0 Å². The highest BCUT2D eigenvalue weighted by Gasteiger charge is 2.27. The number of carbonyl (C=O) groups is 2. The van der Waals surface area contributed by atoms with E-state index in [0.29, 0.717) is 28.9 Å². The molecule has 29 heavy (non-hydrogen) atoms. The van der Waals surface area contributed by atoms with Gasteiger partial charge in [-0.25, -0.2) is 9.18 Å². The number of halogens is 1. The number of ether oxygens (including phenoxy) is 1. The smallest absolute Gasteiger partial charge is 0.339 e. The maximum absolute atomic E-state index is 13.6. The summed E-state index contributed by atoms with van der Waals surface area (Å²) in [5, 5.41) is 3.36. The van der Waals surface area contributed by atoms with Crippen LogP contribution in [0.2, 0.25) is 0 Å². The monoisotopic (exact) mass is 392 g/mol. The topological polar surface area (TPSA) is 68.3 Å². The Bertz CT molecular complexity index is 1060. The zero-order valence-electron chi connectivity index (χ0n) is 15.9. The number of fused-ring (bicyclic) bond motifs is 1. The van der Waals surface area contributed by atoms with E-state index in [9.17, 15) is 14.0 Å². The lowest BCUT2D eigenvalue weighted by molar-refractivity contribution is -0.124. The van der Waals surface area contributed by atoms with Gasteiger partial charge in [0.1, 0.15) is 5.82 Å².